The maximum Gasteiger partial charge on any atom is 0.295 e. The van der Waals surface area contributed by atoms with Crippen LogP contribution in [0.15, 0.2) is 59.0 Å². The Kier molecular flexibility index (Phi) is 7.58. The molecule has 0 unspecified atom stereocenters. The number of rotatable bonds is 7. The molecule has 2 aliphatic rings. The van der Waals surface area contributed by atoms with Crippen LogP contribution in [0.1, 0.15) is 17.2 Å². The molecule has 4 rings (SSSR count). The van der Waals surface area contributed by atoms with Crippen LogP contribution >= 0.6 is 11.6 Å². The van der Waals surface area contributed by atoms with E-state index in [0.717, 1.165) is 0 Å². The van der Waals surface area contributed by atoms with E-state index in [1.807, 2.05) is 0 Å². The molecule has 0 aliphatic carbocycles. The lowest BCUT2D eigenvalue weighted by Crippen LogP contribution is -2.40. The molecule has 1 N–H and O–H groups in total. The molecule has 1 atom stereocenters. The number of hydrogen-bond acceptors (Lipinski definition) is 7. The second kappa shape index (κ2) is 10.5. The lowest BCUT2D eigenvalue weighted by molar-refractivity contribution is -0.140. The van der Waals surface area contributed by atoms with Crippen molar-refractivity contribution in [1.82, 2.24) is 9.21 Å². The number of ketones is 1. The second-order valence-corrected chi connectivity index (χ2v) is 10.5. The number of likely N-dealkylation sites (tertiary alicyclic amines) is 1. The summed E-state index contributed by atoms with van der Waals surface area (Å²) in [7, 11) is -2.23. The first-order chi connectivity index (χ1) is 16.8. The highest BCUT2D eigenvalue weighted by Gasteiger charge is 2.45. The number of nitrogens with zero attached hydrogens (tertiary/aromatic N) is 2. The number of ether oxygens (including phenoxy) is 2. The van der Waals surface area contributed by atoms with E-state index < -0.39 is 33.5 Å². The molecule has 0 spiro atoms. The van der Waals surface area contributed by atoms with E-state index in [-0.39, 0.29) is 42.3 Å². The van der Waals surface area contributed by atoms with Crippen molar-refractivity contribution >= 4 is 39.1 Å². The van der Waals surface area contributed by atoms with E-state index in [4.69, 9.17) is 21.1 Å². The minimum Gasteiger partial charge on any atom is -0.507 e. The van der Waals surface area contributed by atoms with Crippen molar-refractivity contribution in [2.45, 2.75) is 10.9 Å². The number of aliphatic hydroxyl groups is 1. The predicted molar refractivity (Wildman–Crippen MR) is 128 cm³/mol. The second-order valence-electron chi connectivity index (χ2n) is 8.08. The number of methoxy groups -OCH3 is 1. The fraction of sp³-hybridized carbons (Fsp3) is 0.333. The highest BCUT2D eigenvalue weighted by atomic mass is 35.5. The van der Waals surface area contributed by atoms with Gasteiger partial charge in [0.2, 0.25) is 10.0 Å². The lowest BCUT2D eigenvalue weighted by Gasteiger charge is -2.26. The van der Waals surface area contributed by atoms with Crippen LogP contribution in [-0.4, -0.2) is 81.0 Å². The van der Waals surface area contributed by atoms with Crippen molar-refractivity contribution in [3.05, 3.63) is 70.3 Å². The molecule has 0 radical (unpaired) electrons. The molecule has 2 fully saturated rings. The van der Waals surface area contributed by atoms with Crippen LogP contribution in [0.3, 0.4) is 0 Å². The maximum atomic E-state index is 13.0. The Morgan fingerprint density at radius 1 is 1.09 bits per heavy atom. The first-order valence-corrected chi connectivity index (χ1v) is 12.8. The summed E-state index contributed by atoms with van der Waals surface area (Å²) >= 11 is 6.01. The molecule has 2 saturated heterocycles. The number of benzene rings is 2. The fourth-order valence-electron chi connectivity index (χ4n) is 4.17. The molecule has 2 heterocycles. The van der Waals surface area contributed by atoms with Crippen molar-refractivity contribution < 1.29 is 32.6 Å². The first kappa shape index (κ1) is 25.3. The molecule has 186 valence electrons. The molecule has 0 saturated carbocycles. The number of aliphatic hydroxyl groups excluding tert-OH is 1. The van der Waals surface area contributed by atoms with E-state index in [1.165, 1.54) is 40.6 Å². The Balaban J connectivity index is 1.73. The third kappa shape index (κ3) is 4.98. The quantitative estimate of drug-likeness (QED) is 0.339. The highest BCUT2D eigenvalue weighted by molar-refractivity contribution is 7.89. The summed E-state index contributed by atoms with van der Waals surface area (Å²) in [6.45, 7) is 1.51. The highest BCUT2D eigenvalue weighted by Crippen LogP contribution is 2.39. The van der Waals surface area contributed by atoms with Crippen LogP contribution in [0.25, 0.3) is 5.76 Å². The number of carbonyl (C=O) groups is 2. The van der Waals surface area contributed by atoms with Gasteiger partial charge >= 0.3 is 0 Å². The van der Waals surface area contributed by atoms with Crippen LogP contribution < -0.4 is 0 Å². The van der Waals surface area contributed by atoms with Gasteiger partial charge in [-0.15, -0.1) is 0 Å². The molecular weight excluding hydrogens is 496 g/mol. The summed E-state index contributed by atoms with van der Waals surface area (Å²) in [5.74, 6) is -1.97. The van der Waals surface area contributed by atoms with Crippen molar-refractivity contribution in [2.24, 2.45) is 0 Å². The predicted octanol–water partition coefficient (Wildman–Crippen LogP) is 2.43. The summed E-state index contributed by atoms with van der Waals surface area (Å²) in [5, 5.41) is 11.6. The Hall–Kier alpha value is -2.76. The van der Waals surface area contributed by atoms with Crippen molar-refractivity contribution in [2.75, 3.05) is 46.6 Å². The molecule has 11 heteroatoms. The molecule has 2 aromatic rings. The van der Waals surface area contributed by atoms with Gasteiger partial charge in [-0.05, 0) is 42.0 Å². The van der Waals surface area contributed by atoms with E-state index in [9.17, 15) is 23.1 Å². The van der Waals surface area contributed by atoms with Gasteiger partial charge in [-0.1, -0.05) is 23.7 Å². The first-order valence-electron chi connectivity index (χ1n) is 11.0. The standard InChI is InChI=1S/C24H25ClN2O7S/c1-33-13-12-27-21(16-2-6-18(25)7-3-16)20(23(29)24(27)30)22(28)17-4-8-19(9-5-17)35(31,32)26-10-14-34-15-11-26/h2-9,21,28H,10-15H2,1H3/t21-/m1/s1. The third-order valence-corrected chi connectivity index (χ3v) is 8.16. The van der Waals surface area contributed by atoms with Gasteiger partial charge in [-0.2, -0.15) is 4.31 Å². The zero-order valence-corrected chi connectivity index (χ0v) is 20.6. The lowest BCUT2D eigenvalue weighted by atomic mass is 9.95. The Labute approximate surface area is 208 Å². The van der Waals surface area contributed by atoms with Gasteiger partial charge in [0.1, 0.15) is 5.76 Å². The average molecular weight is 521 g/mol. The minimum atomic E-state index is -3.72. The van der Waals surface area contributed by atoms with Crippen LogP contribution in [0.4, 0.5) is 0 Å². The Bertz CT molecular complexity index is 1240. The Morgan fingerprint density at radius 2 is 1.71 bits per heavy atom. The largest absolute Gasteiger partial charge is 0.507 e. The maximum absolute atomic E-state index is 13.0. The van der Waals surface area contributed by atoms with Crippen LogP contribution in [0.5, 0.6) is 0 Å². The summed E-state index contributed by atoms with van der Waals surface area (Å²) in [4.78, 5) is 27.2. The number of hydrogen-bond donors (Lipinski definition) is 1. The fourth-order valence-corrected chi connectivity index (χ4v) is 5.70. The van der Waals surface area contributed by atoms with Crippen molar-refractivity contribution in [3.8, 4) is 0 Å². The van der Waals surface area contributed by atoms with E-state index in [0.29, 0.717) is 23.8 Å². The van der Waals surface area contributed by atoms with Gasteiger partial charge in [-0.25, -0.2) is 8.42 Å². The van der Waals surface area contributed by atoms with E-state index in [2.05, 4.69) is 0 Å². The molecule has 2 aliphatic heterocycles. The zero-order valence-electron chi connectivity index (χ0n) is 19.0. The number of morpholine rings is 1. The number of halogens is 1. The Morgan fingerprint density at radius 3 is 2.31 bits per heavy atom. The minimum absolute atomic E-state index is 0.0609. The number of amides is 1. The van der Waals surface area contributed by atoms with Crippen LogP contribution in [-0.2, 0) is 29.1 Å². The summed E-state index contributed by atoms with van der Waals surface area (Å²) in [6, 6.07) is 11.4. The van der Waals surface area contributed by atoms with E-state index >= 15 is 0 Å². The molecule has 2 aromatic carbocycles. The van der Waals surface area contributed by atoms with Gasteiger partial charge in [0.05, 0.1) is 36.3 Å². The van der Waals surface area contributed by atoms with Crippen molar-refractivity contribution in [1.29, 1.82) is 0 Å². The molecule has 1 amide bonds. The summed E-state index contributed by atoms with van der Waals surface area (Å²) < 4.78 is 37.4. The number of carbonyl (C=O) groups excluding carboxylic acids is 2. The van der Waals surface area contributed by atoms with Gasteiger partial charge in [0, 0.05) is 37.3 Å². The molecule has 0 aromatic heterocycles. The van der Waals surface area contributed by atoms with Gasteiger partial charge in [-0.3, -0.25) is 9.59 Å². The average Bonchev–Trinajstić information content (AvgIpc) is 3.13. The SMILES string of the molecule is COCCN1C(=O)C(=O)C(=C(O)c2ccc(S(=O)(=O)N3CCOCC3)cc2)[C@H]1c1ccc(Cl)cc1. The van der Waals surface area contributed by atoms with Gasteiger partial charge in [0.25, 0.3) is 11.7 Å². The molecule has 9 nitrogen and oxygen atoms in total. The molecule has 0 bridgehead atoms. The van der Waals surface area contributed by atoms with E-state index in [1.54, 1.807) is 24.3 Å². The summed E-state index contributed by atoms with van der Waals surface area (Å²) in [5.41, 5.74) is 0.726. The van der Waals surface area contributed by atoms with Gasteiger partial charge < -0.3 is 19.5 Å². The summed E-state index contributed by atoms with van der Waals surface area (Å²) in [6.07, 6.45) is 0. The van der Waals surface area contributed by atoms with Crippen LogP contribution in [0, 0.1) is 0 Å². The molecular formula is C24H25ClN2O7S. The number of sulfonamides is 1. The zero-order chi connectivity index (χ0) is 25.2. The monoisotopic (exact) mass is 520 g/mol. The third-order valence-electron chi connectivity index (χ3n) is 6.00. The van der Waals surface area contributed by atoms with Crippen LogP contribution in [0.2, 0.25) is 5.02 Å². The normalized spacial score (nSPS) is 21.0. The molecule has 35 heavy (non-hydrogen) atoms. The smallest absolute Gasteiger partial charge is 0.295 e. The van der Waals surface area contributed by atoms with Crippen molar-refractivity contribution in [3.63, 3.8) is 0 Å². The van der Waals surface area contributed by atoms with Gasteiger partial charge in [0.15, 0.2) is 0 Å². The number of Topliss-reactive ketones (excluding diaryl/α,β-unsaturated/α-hetero) is 1. The topological polar surface area (TPSA) is 113 Å².